The molecule has 1 amide bonds. The molecule has 1 saturated carbocycles. The summed E-state index contributed by atoms with van der Waals surface area (Å²) >= 11 is 0. The molecule has 0 aliphatic heterocycles. The summed E-state index contributed by atoms with van der Waals surface area (Å²) < 4.78 is 18.9. The van der Waals surface area contributed by atoms with Crippen LogP contribution in [0, 0.1) is 5.82 Å². The van der Waals surface area contributed by atoms with Crippen LogP contribution in [-0.2, 0) is 6.61 Å². The van der Waals surface area contributed by atoms with Crippen LogP contribution < -0.4 is 10.2 Å². The van der Waals surface area contributed by atoms with E-state index in [-0.39, 0.29) is 18.3 Å². The highest BCUT2D eigenvalue weighted by molar-refractivity contribution is 6.01. The van der Waals surface area contributed by atoms with Gasteiger partial charge in [-0.25, -0.2) is 9.82 Å². The topological polar surface area (TPSA) is 50.7 Å². The van der Waals surface area contributed by atoms with Crippen LogP contribution in [0.4, 0.5) is 4.39 Å². The Morgan fingerprint density at radius 2 is 1.67 bits per heavy atom. The molecule has 4 nitrogen and oxygen atoms in total. The van der Waals surface area contributed by atoms with Gasteiger partial charge >= 0.3 is 0 Å². The van der Waals surface area contributed by atoms with Crippen LogP contribution in [0.2, 0.25) is 0 Å². The summed E-state index contributed by atoms with van der Waals surface area (Å²) in [5.41, 5.74) is 6.96. The zero-order valence-corrected chi connectivity index (χ0v) is 18.9. The van der Waals surface area contributed by atoms with Crippen LogP contribution >= 0.6 is 0 Å². The SMILES string of the molecule is C/C(=N/NC(=O)c1ccccc1OCc1ccc(F)cc1)c1ccc(C2CCCCC2)cc1. The molecule has 3 aromatic rings. The maximum atomic E-state index is 13.1. The zero-order chi connectivity index (χ0) is 23.0. The lowest BCUT2D eigenvalue weighted by atomic mass is 9.84. The van der Waals surface area contributed by atoms with Gasteiger partial charge in [0.1, 0.15) is 18.2 Å². The van der Waals surface area contributed by atoms with Crippen LogP contribution in [0.25, 0.3) is 0 Å². The van der Waals surface area contributed by atoms with E-state index in [0.717, 1.165) is 16.8 Å². The van der Waals surface area contributed by atoms with Gasteiger partial charge in [-0.1, -0.05) is 67.8 Å². The molecule has 1 aliphatic carbocycles. The number of hydrogen-bond acceptors (Lipinski definition) is 3. The molecular formula is C28H29FN2O2. The van der Waals surface area contributed by atoms with Crippen LogP contribution in [0.15, 0.2) is 77.9 Å². The number of benzene rings is 3. The molecule has 0 atom stereocenters. The molecule has 3 aromatic carbocycles. The van der Waals surface area contributed by atoms with E-state index in [1.165, 1.54) is 49.8 Å². The van der Waals surface area contributed by atoms with E-state index >= 15 is 0 Å². The van der Waals surface area contributed by atoms with Crippen molar-refractivity contribution >= 4 is 11.6 Å². The fourth-order valence-electron chi connectivity index (χ4n) is 4.21. The first kappa shape index (κ1) is 22.7. The van der Waals surface area contributed by atoms with Crippen molar-refractivity contribution in [3.05, 3.63) is 101 Å². The van der Waals surface area contributed by atoms with Crippen molar-refractivity contribution in [3.8, 4) is 5.75 Å². The Morgan fingerprint density at radius 1 is 0.970 bits per heavy atom. The van der Waals surface area contributed by atoms with Crippen LogP contribution in [0.3, 0.4) is 0 Å². The third-order valence-electron chi connectivity index (χ3n) is 6.17. The van der Waals surface area contributed by atoms with Crippen molar-refractivity contribution in [3.63, 3.8) is 0 Å². The number of nitrogens with zero attached hydrogens (tertiary/aromatic N) is 1. The van der Waals surface area contributed by atoms with Crippen molar-refractivity contribution in [1.82, 2.24) is 5.43 Å². The molecule has 0 spiro atoms. The van der Waals surface area contributed by atoms with Gasteiger partial charge in [-0.2, -0.15) is 5.10 Å². The van der Waals surface area contributed by atoms with Gasteiger partial charge in [-0.3, -0.25) is 4.79 Å². The Morgan fingerprint density at radius 3 is 2.39 bits per heavy atom. The second-order valence-electron chi connectivity index (χ2n) is 8.51. The second-order valence-corrected chi connectivity index (χ2v) is 8.51. The van der Waals surface area contributed by atoms with E-state index < -0.39 is 0 Å². The lowest BCUT2D eigenvalue weighted by Crippen LogP contribution is -2.20. The number of carbonyl (C=O) groups is 1. The predicted octanol–water partition coefficient (Wildman–Crippen LogP) is 6.61. The molecule has 0 aromatic heterocycles. The normalized spacial score (nSPS) is 14.7. The van der Waals surface area contributed by atoms with Crippen LogP contribution in [0.1, 0.15) is 72.0 Å². The quantitative estimate of drug-likeness (QED) is 0.329. The summed E-state index contributed by atoms with van der Waals surface area (Å²) in [6.45, 7) is 2.12. The first-order chi connectivity index (χ1) is 16.1. The fraction of sp³-hybridized carbons (Fsp3) is 0.286. The van der Waals surface area contributed by atoms with E-state index in [2.05, 4.69) is 34.8 Å². The van der Waals surface area contributed by atoms with E-state index in [0.29, 0.717) is 17.2 Å². The molecule has 4 rings (SSSR count). The monoisotopic (exact) mass is 444 g/mol. The van der Waals surface area contributed by atoms with Gasteiger partial charge in [-0.15, -0.1) is 0 Å². The van der Waals surface area contributed by atoms with Crippen LogP contribution in [0.5, 0.6) is 5.75 Å². The zero-order valence-electron chi connectivity index (χ0n) is 18.9. The van der Waals surface area contributed by atoms with Gasteiger partial charge in [0, 0.05) is 0 Å². The summed E-state index contributed by atoms with van der Waals surface area (Å²) in [6, 6.07) is 21.6. The molecule has 0 heterocycles. The first-order valence-electron chi connectivity index (χ1n) is 11.5. The van der Waals surface area contributed by atoms with Crippen molar-refractivity contribution < 1.29 is 13.9 Å². The molecule has 1 fully saturated rings. The molecule has 170 valence electrons. The standard InChI is InChI=1S/C28H29FN2O2/c1-20(22-13-15-24(16-14-22)23-7-3-2-4-8-23)30-31-28(32)26-9-5-6-10-27(26)33-19-21-11-17-25(29)18-12-21/h5-6,9-18,23H,2-4,7-8,19H2,1H3,(H,31,32)/b30-20-. The number of hydrazone groups is 1. The molecule has 1 aliphatic rings. The molecule has 0 bridgehead atoms. The number of amides is 1. The smallest absolute Gasteiger partial charge is 0.275 e. The number of rotatable bonds is 7. The molecule has 0 unspecified atom stereocenters. The molecular weight excluding hydrogens is 415 g/mol. The number of ether oxygens (including phenoxy) is 1. The minimum Gasteiger partial charge on any atom is -0.488 e. The number of halogens is 1. The summed E-state index contributed by atoms with van der Waals surface area (Å²) in [4.78, 5) is 12.8. The number of nitrogens with one attached hydrogen (secondary N) is 1. The minimum absolute atomic E-state index is 0.236. The van der Waals surface area contributed by atoms with E-state index in [9.17, 15) is 9.18 Å². The Kier molecular flexibility index (Phi) is 7.51. The predicted molar refractivity (Wildman–Crippen MR) is 129 cm³/mol. The van der Waals surface area contributed by atoms with E-state index in [1.807, 2.05) is 6.92 Å². The Labute approximate surface area is 194 Å². The molecule has 0 saturated heterocycles. The van der Waals surface area contributed by atoms with Gasteiger partial charge in [-0.05, 0) is 66.6 Å². The van der Waals surface area contributed by atoms with Crippen LogP contribution in [-0.4, -0.2) is 11.6 Å². The Balaban J connectivity index is 1.39. The lowest BCUT2D eigenvalue weighted by Gasteiger charge is -2.22. The third-order valence-corrected chi connectivity index (χ3v) is 6.17. The number of para-hydroxylation sites is 1. The van der Waals surface area contributed by atoms with Gasteiger partial charge in [0.2, 0.25) is 0 Å². The average Bonchev–Trinajstić information content (AvgIpc) is 2.87. The largest absolute Gasteiger partial charge is 0.488 e. The lowest BCUT2D eigenvalue weighted by molar-refractivity contribution is 0.0950. The Bertz CT molecular complexity index is 1100. The molecule has 33 heavy (non-hydrogen) atoms. The van der Waals surface area contributed by atoms with Gasteiger partial charge in [0.15, 0.2) is 0 Å². The molecule has 5 heteroatoms. The average molecular weight is 445 g/mol. The fourth-order valence-corrected chi connectivity index (χ4v) is 4.21. The maximum Gasteiger partial charge on any atom is 0.275 e. The van der Waals surface area contributed by atoms with E-state index in [1.54, 1.807) is 36.4 Å². The third kappa shape index (κ3) is 6.07. The maximum absolute atomic E-state index is 13.1. The van der Waals surface area contributed by atoms with E-state index in [4.69, 9.17) is 4.74 Å². The second kappa shape index (κ2) is 10.9. The highest BCUT2D eigenvalue weighted by atomic mass is 19.1. The van der Waals surface area contributed by atoms with Gasteiger partial charge in [0.05, 0.1) is 11.3 Å². The van der Waals surface area contributed by atoms with Crippen molar-refractivity contribution in [2.45, 2.75) is 51.6 Å². The number of carbonyl (C=O) groups excluding carboxylic acids is 1. The van der Waals surface area contributed by atoms with Crippen molar-refractivity contribution in [2.75, 3.05) is 0 Å². The summed E-state index contributed by atoms with van der Waals surface area (Å²) in [5.74, 6) is 0.471. The summed E-state index contributed by atoms with van der Waals surface area (Å²) in [6.07, 6.45) is 6.51. The molecule has 0 radical (unpaired) electrons. The minimum atomic E-state index is -0.345. The highest BCUT2D eigenvalue weighted by Crippen LogP contribution is 2.32. The van der Waals surface area contributed by atoms with Gasteiger partial charge < -0.3 is 4.74 Å². The highest BCUT2D eigenvalue weighted by Gasteiger charge is 2.16. The summed E-state index contributed by atoms with van der Waals surface area (Å²) in [7, 11) is 0. The van der Waals surface area contributed by atoms with Crippen molar-refractivity contribution in [2.24, 2.45) is 5.10 Å². The summed E-state index contributed by atoms with van der Waals surface area (Å²) in [5, 5.41) is 4.30. The first-order valence-corrected chi connectivity index (χ1v) is 11.5. The van der Waals surface area contributed by atoms with Gasteiger partial charge in [0.25, 0.3) is 5.91 Å². The Hall–Kier alpha value is -3.47. The number of hydrogen-bond donors (Lipinski definition) is 1. The molecule has 1 N–H and O–H groups in total. The van der Waals surface area contributed by atoms with Crippen molar-refractivity contribution in [1.29, 1.82) is 0 Å².